The van der Waals surface area contributed by atoms with Crippen molar-refractivity contribution >= 4 is 17.6 Å². The van der Waals surface area contributed by atoms with Crippen LogP contribution in [0.25, 0.3) is 11.1 Å². The molecule has 0 saturated carbocycles. The van der Waals surface area contributed by atoms with Crippen LogP contribution in [0.1, 0.15) is 53.1 Å². The minimum atomic E-state index is -1.61. The van der Waals surface area contributed by atoms with Crippen molar-refractivity contribution < 1.29 is 34.3 Å². The number of aliphatic hydroxyl groups is 2. The Morgan fingerprint density at radius 2 is 1.79 bits per heavy atom. The topological polar surface area (TPSA) is 181 Å². The molecule has 0 aliphatic carbocycles. The van der Waals surface area contributed by atoms with Crippen LogP contribution in [0, 0.1) is 29.6 Å². The summed E-state index contributed by atoms with van der Waals surface area (Å²) < 4.78 is 18.5. The summed E-state index contributed by atoms with van der Waals surface area (Å²) in [6.45, 7) is 5.70. The van der Waals surface area contributed by atoms with Crippen LogP contribution in [0.15, 0.2) is 67.0 Å². The van der Waals surface area contributed by atoms with Crippen molar-refractivity contribution in [3.8, 4) is 40.5 Å². The molecule has 1 saturated heterocycles. The Bertz CT molecular complexity index is 2010. The Balaban J connectivity index is 1.34. The van der Waals surface area contributed by atoms with Crippen LogP contribution in [-0.4, -0.2) is 75.7 Å². The van der Waals surface area contributed by atoms with Crippen LogP contribution in [0.5, 0.6) is 17.2 Å². The predicted octanol–water partition coefficient (Wildman–Crippen LogP) is 5.37. The van der Waals surface area contributed by atoms with Crippen LogP contribution in [-0.2, 0) is 24.6 Å². The van der Waals surface area contributed by atoms with Crippen molar-refractivity contribution in [2.24, 2.45) is 0 Å². The Labute approximate surface area is 313 Å². The van der Waals surface area contributed by atoms with Crippen LogP contribution in [0.4, 0.5) is 0 Å². The zero-order chi connectivity index (χ0) is 38.0. The summed E-state index contributed by atoms with van der Waals surface area (Å²) in [6, 6.07) is 20.6. The van der Waals surface area contributed by atoms with E-state index >= 15 is 0 Å². The van der Waals surface area contributed by atoms with Gasteiger partial charge in [-0.3, -0.25) is 15.1 Å². The molecule has 4 aromatic rings. The number of nitriles is 2. The average Bonchev–Trinajstić information content (AvgIpc) is 3.59. The zero-order valence-corrected chi connectivity index (χ0v) is 30.4. The second kappa shape index (κ2) is 18.0. The zero-order valence-electron chi connectivity index (χ0n) is 29.6. The lowest BCUT2D eigenvalue weighted by Gasteiger charge is -2.25. The maximum absolute atomic E-state index is 11.8. The molecule has 2 unspecified atom stereocenters. The molecule has 0 radical (unpaired) electrons. The van der Waals surface area contributed by atoms with Gasteiger partial charge in [0, 0.05) is 61.3 Å². The van der Waals surface area contributed by atoms with Gasteiger partial charge in [0.1, 0.15) is 53.7 Å². The number of aromatic nitrogens is 1. The number of carboxylic acids is 1. The Kier molecular flexibility index (Phi) is 13.3. The van der Waals surface area contributed by atoms with E-state index < -0.39 is 18.1 Å². The lowest BCUT2D eigenvalue weighted by molar-refractivity contribution is -0.145. The quantitative estimate of drug-likeness (QED) is 0.102. The summed E-state index contributed by atoms with van der Waals surface area (Å²) >= 11 is 6.71. The number of aliphatic hydroxyl groups excluding tert-OH is 2. The predicted molar refractivity (Wildman–Crippen MR) is 198 cm³/mol. The van der Waals surface area contributed by atoms with Gasteiger partial charge in [-0.05, 0) is 61.6 Å². The molecule has 1 aromatic heterocycles. The van der Waals surface area contributed by atoms with Gasteiger partial charge < -0.3 is 34.4 Å². The van der Waals surface area contributed by atoms with Crippen LogP contribution < -0.4 is 19.5 Å². The highest BCUT2D eigenvalue weighted by Gasteiger charge is 2.32. The number of hydrogen-bond acceptors (Lipinski definition) is 11. The number of carboxylic acid groups (broad SMARTS) is 1. The van der Waals surface area contributed by atoms with Gasteiger partial charge >= 0.3 is 5.97 Å². The first-order chi connectivity index (χ1) is 25.5. The van der Waals surface area contributed by atoms with Gasteiger partial charge in [-0.1, -0.05) is 41.9 Å². The number of hydrogen-bond donors (Lipinski definition) is 4. The molecule has 0 bridgehead atoms. The third kappa shape index (κ3) is 9.82. The third-order valence-corrected chi connectivity index (χ3v) is 9.57. The first kappa shape index (κ1) is 39.0. The van der Waals surface area contributed by atoms with E-state index in [4.69, 9.17) is 25.8 Å². The molecule has 4 N–H and O–H groups in total. The molecule has 0 spiro atoms. The highest BCUT2D eigenvalue weighted by atomic mass is 35.5. The van der Waals surface area contributed by atoms with E-state index in [9.17, 15) is 30.6 Å². The number of halogens is 1. The fraction of sp³-hybridized carbons (Fsp3) is 0.350. The van der Waals surface area contributed by atoms with Crippen LogP contribution in [0.3, 0.4) is 0 Å². The highest BCUT2D eigenvalue weighted by molar-refractivity contribution is 6.32. The summed E-state index contributed by atoms with van der Waals surface area (Å²) in [7, 11) is 0. The Hall–Kier alpha value is -5.21. The molecular weight excluding hydrogens is 698 g/mol. The number of rotatable bonds is 17. The molecule has 276 valence electrons. The van der Waals surface area contributed by atoms with E-state index in [1.807, 2.05) is 37.3 Å². The van der Waals surface area contributed by atoms with E-state index in [1.165, 1.54) is 13.1 Å². The number of carbonyl (C=O) groups is 1. The maximum atomic E-state index is 11.8. The van der Waals surface area contributed by atoms with Gasteiger partial charge in [0.2, 0.25) is 0 Å². The largest absolute Gasteiger partial charge is 0.492 e. The van der Waals surface area contributed by atoms with Gasteiger partial charge in [-0.15, -0.1) is 0 Å². The first-order valence-corrected chi connectivity index (χ1v) is 17.6. The smallest absolute Gasteiger partial charge is 0.326 e. The summed E-state index contributed by atoms with van der Waals surface area (Å²) in [6.07, 6.45) is 4.33. The minimum absolute atomic E-state index is 0.00289. The normalized spacial score (nSPS) is 15.3. The number of benzene rings is 3. The summed E-state index contributed by atoms with van der Waals surface area (Å²) in [5.74, 6) is -0.0382. The van der Waals surface area contributed by atoms with Crippen LogP contribution >= 0.6 is 11.6 Å². The molecule has 13 heteroatoms. The lowest BCUT2D eigenvalue weighted by atomic mass is 9.93. The van der Waals surface area contributed by atoms with Crippen molar-refractivity contribution in [1.29, 1.82) is 10.5 Å². The number of pyridine rings is 1. The van der Waals surface area contributed by atoms with Crippen molar-refractivity contribution in [1.82, 2.24) is 15.2 Å². The summed E-state index contributed by atoms with van der Waals surface area (Å²) in [5, 5.41) is 51.8. The molecule has 53 heavy (non-hydrogen) atoms. The van der Waals surface area contributed by atoms with Gasteiger partial charge in [0.15, 0.2) is 0 Å². The highest BCUT2D eigenvalue weighted by Crippen LogP contribution is 2.36. The summed E-state index contributed by atoms with van der Waals surface area (Å²) in [4.78, 5) is 18.1. The Morgan fingerprint density at radius 3 is 2.51 bits per heavy atom. The molecule has 12 nitrogen and oxygen atoms in total. The van der Waals surface area contributed by atoms with Gasteiger partial charge in [0.25, 0.3) is 0 Å². The fourth-order valence-electron chi connectivity index (χ4n) is 6.00. The maximum Gasteiger partial charge on any atom is 0.326 e. The lowest BCUT2D eigenvalue weighted by Crippen LogP contribution is -2.52. The number of nitrogens with one attached hydrogen (secondary N) is 1. The van der Waals surface area contributed by atoms with Gasteiger partial charge in [0.05, 0.1) is 29.9 Å². The van der Waals surface area contributed by atoms with Crippen molar-refractivity contribution in [3.05, 3.63) is 105 Å². The van der Waals surface area contributed by atoms with E-state index in [-0.39, 0.29) is 30.9 Å². The van der Waals surface area contributed by atoms with E-state index in [2.05, 4.69) is 27.3 Å². The molecule has 2 atom stereocenters. The van der Waals surface area contributed by atoms with E-state index in [1.54, 1.807) is 30.5 Å². The van der Waals surface area contributed by atoms with Gasteiger partial charge in [-0.25, -0.2) is 0 Å². The van der Waals surface area contributed by atoms with Crippen LogP contribution in [0.2, 0.25) is 5.02 Å². The molecule has 2 heterocycles. The molecular formula is C40H42ClN5O7. The molecule has 0 amide bonds. The molecule has 3 aromatic carbocycles. The second-order valence-corrected chi connectivity index (χ2v) is 13.5. The molecule has 5 rings (SSSR count). The first-order valence-electron chi connectivity index (χ1n) is 17.2. The van der Waals surface area contributed by atoms with Crippen molar-refractivity contribution in [2.45, 2.75) is 58.1 Å². The minimum Gasteiger partial charge on any atom is -0.492 e. The van der Waals surface area contributed by atoms with E-state index in [0.717, 1.165) is 48.2 Å². The van der Waals surface area contributed by atoms with Crippen molar-refractivity contribution in [2.75, 3.05) is 32.8 Å². The molecule has 1 aliphatic heterocycles. The number of ether oxygens (including phenoxy) is 3. The number of β-amino-alcohol motifs (C(OH)–C–C–N with tert-alkyl or cyclic N) is 1. The summed E-state index contributed by atoms with van der Waals surface area (Å²) in [5.41, 5.74) is 3.73. The number of nitrogens with zero attached hydrogens (tertiary/aromatic N) is 4. The Morgan fingerprint density at radius 1 is 1.02 bits per heavy atom. The van der Waals surface area contributed by atoms with Gasteiger partial charge in [-0.2, -0.15) is 10.5 Å². The monoisotopic (exact) mass is 739 g/mol. The third-order valence-electron chi connectivity index (χ3n) is 9.27. The second-order valence-electron chi connectivity index (χ2n) is 13.1. The average molecular weight is 740 g/mol. The number of aliphatic carboxylic acids is 1. The number of likely N-dealkylation sites (tertiary alicyclic amines) is 1. The van der Waals surface area contributed by atoms with E-state index in [0.29, 0.717) is 52.7 Å². The molecule has 1 fully saturated rings. The molecule has 1 aliphatic rings. The fourth-order valence-corrected chi connectivity index (χ4v) is 6.24. The van der Waals surface area contributed by atoms with Crippen molar-refractivity contribution in [3.63, 3.8) is 0 Å². The standard InChI is InChI=1S/C40H42ClN5O7/c1-26-29(6-3-7-32(26)33-8-4-9-36(34(33)18-43)51-13-5-11-46-12-10-31(48)22-46)24-53-38-16-37(52-23-28-14-27(17-42)19-44-20-28)30(15-35(38)41)21-45-40(2,25-47)39(49)50/h3-4,6-9,14-16,19-20,31,45,47-48H,5,10-13,21-25H2,1-2H3,(H,49,50). The SMILES string of the molecule is Cc1c(COc2cc(OCc3cncc(C#N)c3)c(CNC(C)(CO)C(=O)O)cc2Cl)cccc1-c1cccc(OCCCN2CCC(O)C2)c1C#N.